The van der Waals surface area contributed by atoms with E-state index in [4.69, 9.17) is 10.5 Å². The van der Waals surface area contributed by atoms with Gasteiger partial charge in [0.2, 0.25) is 5.91 Å². The van der Waals surface area contributed by atoms with Gasteiger partial charge >= 0.3 is 0 Å². The number of hydrogen-bond donors (Lipinski definition) is 2. The average molecular weight is 297 g/mol. The van der Waals surface area contributed by atoms with E-state index in [1.807, 2.05) is 30.3 Å². The zero-order valence-corrected chi connectivity index (χ0v) is 12.4. The van der Waals surface area contributed by atoms with Crippen LogP contribution in [0.3, 0.4) is 0 Å². The molecule has 2 aliphatic heterocycles. The number of nitrogens with two attached hydrogens (primary N) is 1. The summed E-state index contributed by atoms with van der Waals surface area (Å²) in [6.07, 6.45) is 3.59. The van der Waals surface area contributed by atoms with Crippen molar-refractivity contribution in [3.8, 4) is 0 Å². The highest BCUT2D eigenvalue weighted by molar-refractivity contribution is 5.87. The molecule has 0 saturated carbocycles. The third kappa shape index (κ3) is 2.68. The molecule has 3 rings (SSSR count). The fourth-order valence-corrected chi connectivity index (χ4v) is 3.02. The minimum Gasteiger partial charge on any atom is -0.373 e. The topological polar surface area (TPSA) is 64.4 Å². The molecule has 2 bridgehead atoms. The maximum Gasteiger partial charge on any atom is 0.244 e. The van der Waals surface area contributed by atoms with Crippen LogP contribution in [0.5, 0.6) is 0 Å². The van der Waals surface area contributed by atoms with E-state index < -0.39 is 5.54 Å². The van der Waals surface area contributed by atoms with Crippen molar-refractivity contribution in [3.05, 3.63) is 35.9 Å². The van der Waals surface area contributed by atoms with Gasteiger partial charge in [0.1, 0.15) is 5.54 Å². The third-order valence-corrected chi connectivity index (χ3v) is 4.27. The number of carbonyl (C=O) groups excluding carboxylic acids is 1. The lowest BCUT2D eigenvalue weighted by Crippen LogP contribution is -2.53. The Labute approximate surface area is 125 Å². The molecular weight excluding hydrogens is 276 g/mol. The lowest BCUT2D eigenvalue weighted by atomic mass is 9.90. The molecule has 1 aromatic rings. The monoisotopic (exact) mass is 296 g/mol. The number of fused-ring (bicyclic) bond motifs is 2. The minimum atomic E-state index is -0.997. The lowest BCUT2D eigenvalue weighted by Gasteiger charge is -2.28. The number of ether oxygens (including phenoxy) is 1. The van der Waals surface area contributed by atoms with Crippen LogP contribution in [0.4, 0.5) is 0 Å². The first-order valence-corrected chi connectivity index (χ1v) is 6.88. The van der Waals surface area contributed by atoms with Crippen molar-refractivity contribution in [3.63, 3.8) is 0 Å². The van der Waals surface area contributed by atoms with Crippen LogP contribution in [-0.2, 0) is 15.1 Å². The molecule has 0 aromatic heterocycles. The lowest BCUT2D eigenvalue weighted by molar-refractivity contribution is -0.127. The number of benzene rings is 1. The van der Waals surface area contributed by atoms with Crippen molar-refractivity contribution >= 4 is 18.3 Å². The zero-order chi connectivity index (χ0) is 13.5. The van der Waals surface area contributed by atoms with Crippen molar-refractivity contribution in [1.82, 2.24) is 5.32 Å². The molecule has 3 N–H and O–H groups in total. The predicted octanol–water partition coefficient (Wildman–Crippen LogP) is 1.72. The van der Waals surface area contributed by atoms with Gasteiger partial charge in [-0.3, -0.25) is 4.79 Å². The molecule has 2 fully saturated rings. The number of amides is 1. The van der Waals surface area contributed by atoms with Crippen LogP contribution in [0.1, 0.15) is 31.7 Å². The molecule has 0 radical (unpaired) electrons. The van der Waals surface area contributed by atoms with Crippen LogP contribution < -0.4 is 11.1 Å². The molecule has 1 aromatic carbocycles. The summed E-state index contributed by atoms with van der Waals surface area (Å²) >= 11 is 0. The van der Waals surface area contributed by atoms with Crippen LogP contribution >= 0.6 is 12.4 Å². The van der Waals surface area contributed by atoms with Gasteiger partial charge in [0.05, 0.1) is 18.2 Å². The Balaban J connectivity index is 0.00000147. The average Bonchev–Trinajstić information content (AvgIpc) is 3.02. The van der Waals surface area contributed by atoms with Crippen molar-refractivity contribution in [2.45, 2.75) is 50.0 Å². The molecule has 4 nitrogen and oxygen atoms in total. The van der Waals surface area contributed by atoms with E-state index in [1.165, 1.54) is 0 Å². The maximum absolute atomic E-state index is 12.4. The molecular formula is C15H21ClN2O2. The van der Waals surface area contributed by atoms with Gasteiger partial charge in [0, 0.05) is 0 Å². The van der Waals surface area contributed by atoms with Gasteiger partial charge in [0.15, 0.2) is 0 Å². The van der Waals surface area contributed by atoms with Crippen molar-refractivity contribution in [2.75, 3.05) is 0 Å². The molecule has 1 amide bonds. The van der Waals surface area contributed by atoms with Crippen molar-refractivity contribution in [1.29, 1.82) is 0 Å². The Bertz CT molecular complexity index is 478. The number of rotatable bonds is 3. The van der Waals surface area contributed by atoms with Gasteiger partial charge in [-0.25, -0.2) is 0 Å². The number of hydrogen-bond acceptors (Lipinski definition) is 3. The highest BCUT2D eigenvalue weighted by Crippen LogP contribution is 2.34. The second-order valence-electron chi connectivity index (χ2n) is 5.76. The summed E-state index contributed by atoms with van der Waals surface area (Å²) in [6, 6.07) is 9.61. The summed E-state index contributed by atoms with van der Waals surface area (Å²) in [5, 5.41) is 3.06. The second kappa shape index (κ2) is 5.72. The standard InChI is InChI=1S/C15H20N2O2.ClH/c1-15(16,10-5-3-2-4-6-10)14(18)17-12-9-11-7-8-13(12)19-11;/h2-6,11-13H,7-9,16H2,1H3,(H,17,18);1H. The van der Waals surface area contributed by atoms with E-state index in [1.54, 1.807) is 6.92 Å². The normalized spacial score (nSPS) is 30.4. The first-order chi connectivity index (χ1) is 9.07. The van der Waals surface area contributed by atoms with E-state index in [0.717, 1.165) is 24.8 Å². The van der Waals surface area contributed by atoms with Gasteiger partial charge in [-0.15, -0.1) is 12.4 Å². The molecule has 4 atom stereocenters. The van der Waals surface area contributed by atoms with Gasteiger partial charge < -0.3 is 15.8 Å². The van der Waals surface area contributed by atoms with Gasteiger partial charge in [-0.1, -0.05) is 30.3 Å². The van der Waals surface area contributed by atoms with E-state index >= 15 is 0 Å². The highest BCUT2D eigenvalue weighted by Gasteiger charge is 2.43. The second-order valence-corrected chi connectivity index (χ2v) is 5.76. The zero-order valence-electron chi connectivity index (χ0n) is 11.5. The fraction of sp³-hybridized carbons (Fsp3) is 0.533. The van der Waals surface area contributed by atoms with Crippen LogP contribution in [0.2, 0.25) is 0 Å². The summed E-state index contributed by atoms with van der Waals surface area (Å²) in [5.41, 5.74) is 6.04. The van der Waals surface area contributed by atoms with E-state index in [2.05, 4.69) is 5.32 Å². The van der Waals surface area contributed by atoms with Crippen LogP contribution in [0.15, 0.2) is 30.3 Å². The first-order valence-electron chi connectivity index (χ1n) is 6.88. The minimum absolute atomic E-state index is 0. The van der Waals surface area contributed by atoms with Crippen molar-refractivity contribution in [2.24, 2.45) is 5.73 Å². The molecule has 4 unspecified atom stereocenters. The van der Waals surface area contributed by atoms with Crippen LogP contribution in [-0.4, -0.2) is 24.2 Å². The molecule has 2 aliphatic rings. The molecule has 0 spiro atoms. The summed E-state index contributed by atoms with van der Waals surface area (Å²) < 4.78 is 5.75. The quantitative estimate of drug-likeness (QED) is 0.892. The molecule has 2 saturated heterocycles. The third-order valence-electron chi connectivity index (χ3n) is 4.27. The summed E-state index contributed by atoms with van der Waals surface area (Å²) in [7, 11) is 0. The summed E-state index contributed by atoms with van der Waals surface area (Å²) in [6.45, 7) is 1.76. The Hall–Kier alpha value is -1.10. The Morgan fingerprint density at radius 2 is 2.05 bits per heavy atom. The number of carbonyl (C=O) groups is 1. The van der Waals surface area contributed by atoms with E-state index in [-0.39, 0.29) is 30.5 Å². The highest BCUT2D eigenvalue weighted by atomic mass is 35.5. The largest absolute Gasteiger partial charge is 0.373 e. The molecule has 0 aliphatic carbocycles. The first kappa shape index (κ1) is 15.3. The Kier molecular flexibility index (Phi) is 4.37. The molecule has 2 heterocycles. The Morgan fingerprint density at radius 3 is 2.60 bits per heavy atom. The summed E-state index contributed by atoms with van der Waals surface area (Å²) in [5.74, 6) is -0.125. The van der Waals surface area contributed by atoms with E-state index in [0.29, 0.717) is 6.10 Å². The van der Waals surface area contributed by atoms with Crippen LogP contribution in [0, 0.1) is 0 Å². The Morgan fingerprint density at radius 1 is 1.35 bits per heavy atom. The fourth-order valence-electron chi connectivity index (χ4n) is 3.02. The SMILES string of the molecule is CC(N)(C(=O)NC1CC2CCC1O2)c1ccccc1.Cl. The van der Waals surface area contributed by atoms with E-state index in [9.17, 15) is 4.79 Å². The maximum atomic E-state index is 12.4. The van der Waals surface area contributed by atoms with Gasteiger partial charge in [-0.2, -0.15) is 0 Å². The summed E-state index contributed by atoms with van der Waals surface area (Å²) in [4.78, 5) is 12.4. The smallest absolute Gasteiger partial charge is 0.244 e. The molecule has 20 heavy (non-hydrogen) atoms. The number of halogens is 1. The molecule has 5 heteroatoms. The van der Waals surface area contributed by atoms with Crippen LogP contribution in [0.25, 0.3) is 0 Å². The van der Waals surface area contributed by atoms with Gasteiger partial charge in [-0.05, 0) is 31.7 Å². The van der Waals surface area contributed by atoms with Crippen molar-refractivity contribution < 1.29 is 9.53 Å². The van der Waals surface area contributed by atoms with Gasteiger partial charge in [0.25, 0.3) is 0 Å². The predicted molar refractivity (Wildman–Crippen MR) is 79.7 cm³/mol. The molecule has 110 valence electrons. The number of nitrogens with one attached hydrogen (secondary N) is 1.